The van der Waals surface area contributed by atoms with Crippen molar-refractivity contribution in [3.05, 3.63) is 45.5 Å². The van der Waals surface area contributed by atoms with E-state index in [4.69, 9.17) is 0 Å². The SMILES string of the molecule is CN1CCCc2c1nc(N1CCN(Cc3ncccc3C(F)(F)F)CC1)[nH]c2=O. The number of nitrogens with zero attached hydrogens (tertiary/aromatic N) is 5. The first-order valence-corrected chi connectivity index (χ1v) is 9.65. The third kappa shape index (κ3) is 4.07. The maximum Gasteiger partial charge on any atom is 0.418 e. The van der Waals surface area contributed by atoms with Gasteiger partial charge in [-0.1, -0.05) is 0 Å². The number of nitrogens with one attached hydrogen (secondary N) is 1. The van der Waals surface area contributed by atoms with E-state index in [9.17, 15) is 18.0 Å². The van der Waals surface area contributed by atoms with Crippen LogP contribution in [0.25, 0.3) is 0 Å². The van der Waals surface area contributed by atoms with Crippen LogP contribution in [0, 0.1) is 0 Å². The minimum atomic E-state index is -4.41. The Kier molecular flexibility index (Phi) is 5.20. The fourth-order valence-corrected chi connectivity index (χ4v) is 3.92. The van der Waals surface area contributed by atoms with Crippen molar-refractivity contribution in [2.45, 2.75) is 25.6 Å². The van der Waals surface area contributed by atoms with Crippen LogP contribution in [-0.2, 0) is 19.1 Å². The van der Waals surface area contributed by atoms with E-state index < -0.39 is 11.7 Å². The van der Waals surface area contributed by atoms with Crippen LogP contribution in [0.2, 0.25) is 0 Å². The predicted molar refractivity (Wildman–Crippen MR) is 103 cm³/mol. The Hall–Kier alpha value is -2.62. The van der Waals surface area contributed by atoms with E-state index >= 15 is 0 Å². The number of aromatic amines is 1. The molecule has 2 aliphatic rings. The van der Waals surface area contributed by atoms with Gasteiger partial charge in [-0.05, 0) is 25.0 Å². The van der Waals surface area contributed by atoms with Gasteiger partial charge in [-0.15, -0.1) is 0 Å². The molecule has 0 amide bonds. The predicted octanol–water partition coefficient (Wildman–Crippen LogP) is 1.89. The molecule has 0 saturated carbocycles. The maximum atomic E-state index is 13.2. The Balaban J connectivity index is 1.45. The first kappa shape index (κ1) is 19.7. The van der Waals surface area contributed by atoms with Gasteiger partial charge in [0.25, 0.3) is 5.56 Å². The number of aromatic nitrogens is 3. The number of pyridine rings is 1. The van der Waals surface area contributed by atoms with Crippen LogP contribution < -0.4 is 15.4 Å². The molecule has 0 atom stereocenters. The summed E-state index contributed by atoms with van der Waals surface area (Å²) < 4.78 is 39.5. The van der Waals surface area contributed by atoms with Crippen LogP contribution in [-0.4, -0.2) is 59.6 Å². The Bertz CT molecular complexity index is 936. The number of fused-ring (bicyclic) bond motifs is 1. The summed E-state index contributed by atoms with van der Waals surface area (Å²) in [4.78, 5) is 29.8. The first-order chi connectivity index (χ1) is 13.8. The molecule has 4 heterocycles. The Morgan fingerprint density at radius 2 is 1.93 bits per heavy atom. The number of halogens is 3. The van der Waals surface area contributed by atoms with Crippen molar-refractivity contribution in [3.63, 3.8) is 0 Å². The largest absolute Gasteiger partial charge is 0.418 e. The van der Waals surface area contributed by atoms with Gasteiger partial charge >= 0.3 is 6.18 Å². The summed E-state index contributed by atoms with van der Waals surface area (Å²) in [6, 6.07) is 2.37. The van der Waals surface area contributed by atoms with E-state index in [-0.39, 0.29) is 17.8 Å². The van der Waals surface area contributed by atoms with Gasteiger partial charge in [-0.2, -0.15) is 18.2 Å². The van der Waals surface area contributed by atoms with Crippen molar-refractivity contribution in [1.29, 1.82) is 0 Å². The summed E-state index contributed by atoms with van der Waals surface area (Å²) >= 11 is 0. The lowest BCUT2D eigenvalue weighted by Crippen LogP contribution is -2.47. The van der Waals surface area contributed by atoms with Gasteiger partial charge in [0.15, 0.2) is 0 Å². The Morgan fingerprint density at radius 1 is 1.17 bits per heavy atom. The van der Waals surface area contributed by atoms with Crippen molar-refractivity contribution in [2.24, 2.45) is 0 Å². The lowest BCUT2D eigenvalue weighted by atomic mass is 10.1. The van der Waals surface area contributed by atoms with Crippen LogP contribution in [0.15, 0.2) is 23.1 Å². The molecule has 0 aliphatic carbocycles. The molecule has 0 spiro atoms. The average molecular weight is 408 g/mol. The summed E-state index contributed by atoms with van der Waals surface area (Å²) in [6.07, 6.45) is -1.37. The van der Waals surface area contributed by atoms with Crippen LogP contribution in [0.4, 0.5) is 24.9 Å². The standard InChI is InChI=1S/C19H23F3N6O/c1-26-7-3-4-13-16(26)24-18(25-17(13)29)28-10-8-27(9-11-28)12-15-14(19(20,21)22)5-2-6-23-15/h2,5-6H,3-4,7-12H2,1H3,(H,24,25,29). The lowest BCUT2D eigenvalue weighted by molar-refractivity contribution is -0.138. The molecule has 2 aromatic rings. The molecular formula is C19H23F3N6O. The van der Waals surface area contributed by atoms with Gasteiger partial charge in [0.2, 0.25) is 5.95 Å². The molecule has 7 nitrogen and oxygen atoms in total. The van der Waals surface area contributed by atoms with E-state index in [2.05, 4.69) is 15.0 Å². The van der Waals surface area contributed by atoms with Crippen molar-refractivity contribution in [1.82, 2.24) is 19.9 Å². The minimum Gasteiger partial charge on any atom is -0.359 e. The molecule has 0 bridgehead atoms. The summed E-state index contributed by atoms with van der Waals surface area (Å²) in [5.41, 5.74) is -0.0419. The molecule has 4 rings (SSSR count). The highest BCUT2D eigenvalue weighted by molar-refractivity contribution is 5.51. The zero-order chi connectivity index (χ0) is 20.6. The monoisotopic (exact) mass is 408 g/mol. The summed E-state index contributed by atoms with van der Waals surface area (Å²) in [5.74, 6) is 1.25. The highest BCUT2D eigenvalue weighted by Crippen LogP contribution is 2.31. The van der Waals surface area contributed by atoms with Gasteiger partial charge in [0.1, 0.15) is 5.82 Å². The molecule has 0 radical (unpaired) electrons. The van der Waals surface area contributed by atoms with Crippen LogP contribution in [0.5, 0.6) is 0 Å². The zero-order valence-electron chi connectivity index (χ0n) is 16.2. The molecule has 2 aliphatic heterocycles. The van der Waals surface area contributed by atoms with E-state index in [1.54, 1.807) is 0 Å². The number of alkyl halides is 3. The van der Waals surface area contributed by atoms with Crippen molar-refractivity contribution < 1.29 is 13.2 Å². The number of hydrogen-bond acceptors (Lipinski definition) is 6. The van der Waals surface area contributed by atoms with Crippen molar-refractivity contribution in [3.8, 4) is 0 Å². The van der Waals surface area contributed by atoms with Gasteiger partial charge in [-0.25, -0.2) is 0 Å². The molecule has 10 heteroatoms. The van der Waals surface area contributed by atoms with E-state index in [1.165, 1.54) is 12.3 Å². The highest BCUT2D eigenvalue weighted by atomic mass is 19.4. The van der Waals surface area contributed by atoms with Gasteiger partial charge in [0, 0.05) is 52.5 Å². The van der Waals surface area contributed by atoms with E-state index in [0.29, 0.717) is 32.1 Å². The van der Waals surface area contributed by atoms with Gasteiger partial charge in [0.05, 0.1) is 16.8 Å². The lowest BCUT2D eigenvalue weighted by Gasteiger charge is -2.36. The first-order valence-electron chi connectivity index (χ1n) is 9.65. The smallest absolute Gasteiger partial charge is 0.359 e. The third-order valence-electron chi connectivity index (χ3n) is 5.50. The molecule has 1 N–H and O–H groups in total. The summed E-state index contributed by atoms with van der Waals surface area (Å²) in [5, 5.41) is 0. The molecule has 29 heavy (non-hydrogen) atoms. The van der Waals surface area contributed by atoms with E-state index in [1.807, 2.05) is 21.7 Å². The fraction of sp³-hybridized carbons (Fsp3) is 0.526. The van der Waals surface area contributed by atoms with Crippen LogP contribution in [0.3, 0.4) is 0 Å². The maximum absolute atomic E-state index is 13.2. The molecule has 1 fully saturated rings. The zero-order valence-corrected chi connectivity index (χ0v) is 16.2. The molecule has 2 aromatic heterocycles. The van der Waals surface area contributed by atoms with Crippen LogP contribution in [0.1, 0.15) is 23.2 Å². The van der Waals surface area contributed by atoms with Crippen molar-refractivity contribution >= 4 is 11.8 Å². The number of piperazine rings is 1. The van der Waals surface area contributed by atoms with Gasteiger partial charge < -0.3 is 9.80 Å². The fourth-order valence-electron chi connectivity index (χ4n) is 3.92. The quantitative estimate of drug-likeness (QED) is 0.837. The van der Waals surface area contributed by atoms with Crippen molar-refractivity contribution in [2.75, 3.05) is 49.6 Å². The molecule has 0 aromatic carbocycles. The number of rotatable bonds is 3. The molecule has 1 saturated heterocycles. The second kappa shape index (κ2) is 7.66. The molecule has 156 valence electrons. The number of hydrogen-bond donors (Lipinski definition) is 1. The summed E-state index contributed by atoms with van der Waals surface area (Å²) in [6.45, 7) is 3.26. The topological polar surface area (TPSA) is 68.4 Å². The number of H-pyrrole nitrogens is 1. The second-order valence-corrected chi connectivity index (χ2v) is 7.48. The van der Waals surface area contributed by atoms with E-state index in [0.717, 1.165) is 36.8 Å². The van der Waals surface area contributed by atoms with Crippen LogP contribution >= 0.6 is 0 Å². The number of anilines is 2. The normalized spacial score (nSPS) is 18.1. The van der Waals surface area contributed by atoms with Gasteiger partial charge in [-0.3, -0.25) is 19.7 Å². The average Bonchev–Trinajstić information content (AvgIpc) is 2.69. The highest BCUT2D eigenvalue weighted by Gasteiger charge is 2.34. The third-order valence-corrected chi connectivity index (χ3v) is 5.50. The summed E-state index contributed by atoms with van der Waals surface area (Å²) in [7, 11) is 1.93. The Morgan fingerprint density at radius 3 is 2.66 bits per heavy atom. The molecular weight excluding hydrogens is 385 g/mol. The molecule has 0 unspecified atom stereocenters. The second-order valence-electron chi connectivity index (χ2n) is 7.48. The Labute approximate surface area is 166 Å². The minimum absolute atomic E-state index is 0.0374.